The van der Waals surface area contributed by atoms with E-state index in [-0.39, 0.29) is 11.3 Å². The van der Waals surface area contributed by atoms with Crippen LogP contribution in [0.5, 0.6) is 5.75 Å². The molecular formula is C19H23N2O3+. The summed E-state index contributed by atoms with van der Waals surface area (Å²) in [7, 11) is 0. The summed E-state index contributed by atoms with van der Waals surface area (Å²) in [6.07, 6.45) is 0. The van der Waals surface area contributed by atoms with Gasteiger partial charge >= 0.3 is 6.03 Å². The van der Waals surface area contributed by atoms with Gasteiger partial charge in [-0.15, -0.1) is 0 Å². The van der Waals surface area contributed by atoms with Gasteiger partial charge < -0.3 is 10.4 Å². The van der Waals surface area contributed by atoms with Crippen molar-refractivity contribution in [3.63, 3.8) is 0 Å². The fourth-order valence-electron chi connectivity index (χ4n) is 2.57. The van der Waals surface area contributed by atoms with E-state index in [9.17, 15) is 9.59 Å². The summed E-state index contributed by atoms with van der Waals surface area (Å²) in [5.74, 6) is -0.141. The van der Waals surface area contributed by atoms with Gasteiger partial charge in [0, 0.05) is 12.6 Å². The number of amides is 3. The highest BCUT2D eigenvalue weighted by molar-refractivity contribution is 6.05. The highest BCUT2D eigenvalue weighted by Crippen LogP contribution is 2.22. The first-order valence-electron chi connectivity index (χ1n) is 7.88. The summed E-state index contributed by atoms with van der Waals surface area (Å²) in [6, 6.07) is 11.8. The topological polar surface area (TPSA) is 81.1 Å². The first-order chi connectivity index (χ1) is 11.4. The third-order valence-electron chi connectivity index (χ3n) is 3.89. The molecule has 5 heteroatoms. The van der Waals surface area contributed by atoms with E-state index in [1.54, 1.807) is 12.1 Å². The lowest BCUT2D eigenvalue weighted by atomic mass is 9.94. The van der Waals surface area contributed by atoms with Gasteiger partial charge in [0.15, 0.2) is 0 Å². The molecule has 24 heavy (non-hydrogen) atoms. The van der Waals surface area contributed by atoms with E-state index >= 15 is 0 Å². The SMILES string of the molecule is Cc1cccc(C(C)C)c1CNC(=O)NC(=O)c1ccccc1[OH2+]. The normalized spacial score (nSPS) is 10.5. The number of aryl methyl sites for hydroxylation is 1. The van der Waals surface area contributed by atoms with Gasteiger partial charge in [0.25, 0.3) is 11.7 Å². The van der Waals surface area contributed by atoms with Gasteiger partial charge in [-0.25, -0.2) is 4.79 Å². The van der Waals surface area contributed by atoms with Crippen molar-refractivity contribution in [2.45, 2.75) is 33.2 Å². The molecule has 0 saturated carbocycles. The summed E-state index contributed by atoms with van der Waals surface area (Å²) in [6.45, 7) is 6.56. The number of imide groups is 1. The highest BCUT2D eigenvalue weighted by Gasteiger charge is 2.17. The Morgan fingerprint density at radius 3 is 2.46 bits per heavy atom. The second-order valence-corrected chi connectivity index (χ2v) is 5.98. The van der Waals surface area contributed by atoms with Crippen molar-refractivity contribution in [2.24, 2.45) is 0 Å². The largest absolute Gasteiger partial charge is 0.593 e. The Hall–Kier alpha value is -2.82. The summed E-state index contributed by atoms with van der Waals surface area (Å²) in [5, 5.41) is 12.7. The van der Waals surface area contributed by atoms with Gasteiger partial charge in [0.05, 0.1) is 0 Å². The molecule has 0 atom stereocenters. The second-order valence-electron chi connectivity index (χ2n) is 5.98. The molecule has 0 saturated heterocycles. The Labute approximate surface area is 141 Å². The molecule has 0 unspecified atom stereocenters. The van der Waals surface area contributed by atoms with Crippen LogP contribution in [0, 0.1) is 6.92 Å². The molecule has 2 aromatic rings. The van der Waals surface area contributed by atoms with Crippen molar-refractivity contribution in [2.75, 3.05) is 0 Å². The summed E-state index contributed by atoms with van der Waals surface area (Å²) in [5.41, 5.74) is 3.52. The number of rotatable bonds is 4. The number of hydrogen-bond donors (Lipinski definition) is 2. The van der Waals surface area contributed by atoms with Crippen LogP contribution in [0.25, 0.3) is 0 Å². The molecule has 126 valence electrons. The van der Waals surface area contributed by atoms with E-state index in [1.165, 1.54) is 17.7 Å². The van der Waals surface area contributed by atoms with Crippen molar-refractivity contribution in [3.8, 4) is 5.75 Å². The second kappa shape index (κ2) is 7.64. The molecule has 3 amide bonds. The number of carbonyl (C=O) groups is 2. The van der Waals surface area contributed by atoms with Crippen LogP contribution in [-0.2, 0) is 6.54 Å². The Morgan fingerprint density at radius 2 is 1.79 bits per heavy atom. The maximum atomic E-state index is 12.0. The van der Waals surface area contributed by atoms with Crippen molar-refractivity contribution in [3.05, 3.63) is 64.7 Å². The van der Waals surface area contributed by atoms with Crippen LogP contribution in [0.2, 0.25) is 0 Å². The van der Waals surface area contributed by atoms with Gasteiger partial charge in [-0.2, -0.15) is 0 Å². The monoisotopic (exact) mass is 327 g/mol. The zero-order valence-electron chi connectivity index (χ0n) is 14.1. The maximum absolute atomic E-state index is 12.0. The van der Waals surface area contributed by atoms with Crippen LogP contribution in [0.4, 0.5) is 4.79 Å². The average Bonchev–Trinajstić information content (AvgIpc) is 2.53. The van der Waals surface area contributed by atoms with Crippen LogP contribution < -0.4 is 10.6 Å². The minimum atomic E-state index is -0.577. The average molecular weight is 327 g/mol. The van der Waals surface area contributed by atoms with Gasteiger partial charge in [0.2, 0.25) is 0 Å². The molecule has 2 rings (SSSR count). The predicted molar refractivity (Wildman–Crippen MR) is 94.5 cm³/mol. The van der Waals surface area contributed by atoms with Crippen LogP contribution in [0.15, 0.2) is 42.5 Å². The molecule has 5 nitrogen and oxygen atoms in total. The number of benzene rings is 2. The molecule has 0 bridgehead atoms. The molecule has 0 fully saturated rings. The number of carbonyl (C=O) groups excluding carboxylic acids is 2. The van der Waals surface area contributed by atoms with Gasteiger partial charge in [0.1, 0.15) is 5.56 Å². The van der Waals surface area contributed by atoms with E-state index in [0.717, 1.165) is 11.1 Å². The molecule has 4 N–H and O–H groups in total. The van der Waals surface area contributed by atoms with Crippen molar-refractivity contribution in [1.82, 2.24) is 10.6 Å². The van der Waals surface area contributed by atoms with E-state index in [0.29, 0.717) is 12.5 Å². The standard InChI is InChI=1S/C19H22N2O3/c1-12(2)14-9-6-7-13(3)16(14)11-20-19(24)21-18(23)15-8-4-5-10-17(15)22/h4-10,12,22H,11H2,1-3H3,(H2,20,21,23,24)/p+1. The number of urea groups is 1. The lowest BCUT2D eigenvalue weighted by Gasteiger charge is -2.16. The third kappa shape index (κ3) is 4.13. The van der Waals surface area contributed by atoms with Crippen molar-refractivity contribution >= 4 is 11.9 Å². The zero-order valence-corrected chi connectivity index (χ0v) is 14.1. The summed E-state index contributed by atoms with van der Waals surface area (Å²) in [4.78, 5) is 24.0. The van der Waals surface area contributed by atoms with Crippen LogP contribution >= 0.6 is 0 Å². The highest BCUT2D eigenvalue weighted by atomic mass is 16.3. The van der Waals surface area contributed by atoms with Gasteiger partial charge in [-0.05, 0) is 35.6 Å². The lowest BCUT2D eigenvalue weighted by Crippen LogP contribution is -2.39. The molecule has 2 aromatic carbocycles. The summed E-state index contributed by atoms with van der Waals surface area (Å²) < 4.78 is 0. The van der Waals surface area contributed by atoms with E-state index in [4.69, 9.17) is 5.11 Å². The van der Waals surface area contributed by atoms with E-state index < -0.39 is 11.9 Å². The zero-order chi connectivity index (χ0) is 17.7. The molecule has 0 aliphatic heterocycles. The first kappa shape index (κ1) is 17.5. The predicted octanol–water partition coefficient (Wildman–Crippen LogP) is 3.20. The molecular weight excluding hydrogens is 304 g/mol. The Balaban J connectivity index is 2.02. The summed E-state index contributed by atoms with van der Waals surface area (Å²) >= 11 is 0. The molecule has 0 spiro atoms. The Bertz CT molecular complexity index is 754. The third-order valence-corrected chi connectivity index (χ3v) is 3.89. The van der Waals surface area contributed by atoms with Crippen molar-refractivity contribution in [1.29, 1.82) is 0 Å². The Kier molecular flexibility index (Phi) is 5.58. The van der Waals surface area contributed by atoms with Crippen LogP contribution in [0.1, 0.15) is 46.8 Å². The van der Waals surface area contributed by atoms with Crippen LogP contribution in [0.3, 0.4) is 0 Å². The fourth-order valence-corrected chi connectivity index (χ4v) is 2.57. The number of nitrogens with one attached hydrogen (secondary N) is 2. The van der Waals surface area contributed by atoms with E-state index in [2.05, 4.69) is 24.5 Å². The minimum Gasteiger partial charge on any atom is -0.593 e. The van der Waals surface area contributed by atoms with Crippen LogP contribution in [-0.4, -0.2) is 17.0 Å². The molecule has 0 aliphatic carbocycles. The van der Waals surface area contributed by atoms with Gasteiger partial charge in [-0.1, -0.05) is 44.2 Å². The fraction of sp³-hybridized carbons (Fsp3) is 0.263. The van der Waals surface area contributed by atoms with Crippen molar-refractivity contribution < 1.29 is 14.7 Å². The quantitative estimate of drug-likeness (QED) is 0.846. The van der Waals surface area contributed by atoms with E-state index in [1.807, 2.05) is 25.1 Å². The smallest absolute Gasteiger partial charge is 0.321 e. The Morgan fingerprint density at radius 1 is 1.08 bits per heavy atom. The lowest BCUT2D eigenvalue weighted by molar-refractivity contribution is 0.0961. The first-order valence-corrected chi connectivity index (χ1v) is 7.88. The molecule has 0 heterocycles. The molecule has 0 aliphatic rings. The maximum Gasteiger partial charge on any atom is 0.321 e. The van der Waals surface area contributed by atoms with Gasteiger partial charge in [-0.3, -0.25) is 10.1 Å². The minimum absolute atomic E-state index is 0.0868. The number of para-hydroxylation sites is 1. The molecule has 0 radical (unpaired) electrons. The molecule has 0 aromatic heterocycles. The number of hydrogen-bond acceptors (Lipinski definition) is 2.